The summed E-state index contributed by atoms with van der Waals surface area (Å²) in [5, 5.41) is 0. The second-order valence-electron chi connectivity index (χ2n) is 4.99. The summed E-state index contributed by atoms with van der Waals surface area (Å²) in [5.41, 5.74) is 1.56. The highest BCUT2D eigenvalue weighted by atomic mass is 32.2. The van der Waals surface area contributed by atoms with Crippen LogP contribution < -0.4 is 4.31 Å². The van der Waals surface area contributed by atoms with Crippen LogP contribution >= 0.6 is 0 Å². The third kappa shape index (κ3) is 2.19. The first-order valence-corrected chi connectivity index (χ1v) is 7.91. The number of hydrogen-bond donors (Lipinski definition) is 0. The summed E-state index contributed by atoms with van der Waals surface area (Å²) >= 11 is 0. The van der Waals surface area contributed by atoms with E-state index < -0.39 is 26.6 Å². The topological polar surface area (TPSA) is 37.4 Å². The number of sulfonamides is 1. The zero-order valence-electron chi connectivity index (χ0n) is 11.3. The SMILES string of the molecule is Cc1cc(S(=O)(=O)N2CCc3ccccc32)c(F)cc1F. The van der Waals surface area contributed by atoms with Gasteiger partial charge in [-0.3, -0.25) is 4.31 Å². The van der Waals surface area contributed by atoms with E-state index in [0.29, 0.717) is 18.2 Å². The largest absolute Gasteiger partial charge is 0.267 e. The van der Waals surface area contributed by atoms with Crippen molar-refractivity contribution in [2.45, 2.75) is 18.2 Å². The van der Waals surface area contributed by atoms with Gasteiger partial charge in [-0.1, -0.05) is 18.2 Å². The van der Waals surface area contributed by atoms with Gasteiger partial charge in [0.15, 0.2) is 0 Å². The molecule has 0 saturated heterocycles. The molecular formula is C15H13F2NO2S. The van der Waals surface area contributed by atoms with Crippen LogP contribution in [0.2, 0.25) is 0 Å². The Bertz CT molecular complexity index is 818. The molecule has 0 bridgehead atoms. The van der Waals surface area contributed by atoms with E-state index in [2.05, 4.69) is 0 Å². The summed E-state index contributed by atoms with van der Waals surface area (Å²) in [6.45, 7) is 1.67. The lowest BCUT2D eigenvalue weighted by atomic mass is 10.2. The van der Waals surface area contributed by atoms with Gasteiger partial charge in [0.1, 0.15) is 16.5 Å². The number of para-hydroxylation sites is 1. The van der Waals surface area contributed by atoms with E-state index in [0.717, 1.165) is 11.6 Å². The molecule has 0 atom stereocenters. The molecule has 0 unspecified atom stereocenters. The summed E-state index contributed by atoms with van der Waals surface area (Å²) in [4.78, 5) is -0.488. The van der Waals surface area contributed by atoms with Gasteiger partial charge in [0.2, 0.25) is 0 Å². The number of benzene rings is 2. The molecule has 3 nitrogen and oxygen atoms in total. The monoisotopic (exact) mass is 309 g/mol. The van der Waals surface area contributed by atoms with Crippen molar-refractivity contribution in [2.75, 3.05) is 10.8 Å². The first-order chi connectivity index (χ1) is 9.91. The molecule has 1 aliphatic rings. The van der Waals surface area contributed by atoms with Crippen molar-refractivity contribution in [2.24, 2.45) is 0 Å². The van der Waals surface area contributed by atoms with E-state index in [9.17, 15) is 17.2 Å². The van der Waals surface area contributed by atoms with Gasteiger partial charge in [0, 0.05) is 12.6 Å². The van der Waals surface area contributed by atoms with Crippen molar-refractivity contribution in [3.8, 4) is 0 Å². The predicted molar refractivity (Wildman–Crippen MR) is 75.8 cm³/mol. The Morgan fingerprint density at radius 1 is 1.10 bits per heavy atom. The van der Waals surface area contributed by atoms with Crippen LogP contribution in [0.3, 0.4) is 0 Å². The molecule has 0 spiro atoms. The lowest BCUT2D eigenvalue weighted by molar-refractivity contribution is 0.544. The standard InChI is InChI=1S/C15H13F2NO2S/c1-10-8-15(13(17)9-12(10)16)21(19,20)18-7-6-11-4-2-3-5-14(11)18/h2-5,8-9H,6-7H2,1H3. The molecule has 1 aliphatic heterocycles. The number of anilines is 1. The highest BCUT2D eigenvalue weighted by molar-refractivity contribution is 7.92. The van der Waals surface area contributed by atoms with Crippen LogP contribution in [0.4, 0.5) is 14.5 Å². The molecule has 1 heterocycles. The molecule has 2 aromatic carbocycles. The van der Waals surface area contributed by atoms with Gasteiger partial charge >= 0.3 is 0 Å². The summed E-state index contributed by atoms with van der Waals surface area (Å²) in [6.07, 6.45) is 0.581. The molecule has 110 valence electrons. The van der Waals surface area contributed by atoms with E-state index in [1.165, 1.54) is 11.2 Å². The lowest BCUT2D eigenvalue weighted by Gasteiger charge is -2.20. The summed E-state index contributed by atoms with van der Waals surface area (Å²) < 4.78 is 53.7. The van der Waals surface area contributed by atoms with Crippen LogP contribution in [-0.4, -0.2) is 15.0 Å². The molecule has 0 fully saturated rings. The maximum Gasteiger partial charge on any atom is 0.267 e. The highest BCUT2D eigenvalue weighted by Crippen LogP contribution is 2.33. The number of nitrogens with zero attached hydrogens (tertiary/aromatic N) is 1. The Hall–Kier alpha value is -1.95. The number of fused-ring (bicyclic) bond motifs is 1. The van der Waals surface area contributed by atoms with Crippen LogP contribution in [0.25, 0.3) is 0 Å². The number of aryl methyl sites for hydroxylation is 1. The Morgan fingerprint density at radius 3 is 2.57 bits per heavy atom. The molecule has 21 heavy (non-hydrogen) atoms. The Morgan fingerprint density at radius 2 is 1.81 bits per heavy atom. The van der Waals surface area contributed by atoms with E-state index in [-0.39, 0.29) is 12.1 Å². The van der Waals surface area contributed by atoms with Gasteiger partial charge in [-0.25, -0.2) is 17.2 Å². The molecular weight excluding hydrogens is 296 g/mol. The second-order valence-corrected chi connectivity index (χ2v) is 6.82. The fourth-order valence-electron chi connectivity index (χ4n) is 2.50. The third-order valence-electron chi connectivity index (χ3n) is 3.63. The van der Waals surface area contributed by atoms with Gasteiger partial charge in [0.25, 0.3) is 10.0 Å². The van der Waals surface area contributed by atoms with E-state index in [1.54, 1.807) is 12.1 Å². The Labute approximate surface area is 121 Å². The van der Waals surface area contributed by atoms with Crippen molar-refractivity contribution >= 4 is 15.7 Å². The number of hydrogen-bond acceptors (Lipinski definition) is 2. The fraction of sp³-hybridized carbons (Fsp3) is 0.200. The molecule has 0 amide bonds. The zero-order chi connectivity index (χ0) is 15.2. The minimum Gasteiger partial charge on any atom is -0.266 e. The predicted octanol–water partition coefficient (Wildman–Crippen LogP) is 3.02. The molecule has 0 radical (unpaired) electrons. The summed E-state index contributed by atoms with van der Waals surface area (Å²) in [5.74, 6) is -1.82. The van der Waals surface area contributed by atoms with Crippen molar-refractivity contribution in [3.05, 3.63) is 59.2 Å². The zero-order valence-corrected chi connectivity index (χ0v) is 12.1. The quantitative estimate of drug-likeness (QED) is 0.855. The average molecular weight is 309 g/mol. The first-order valence-electron chi connectivity index (χ1n) is 6.47. The highest BCUT2D eigenvalue weighted by Gasteiger charge is 2.33. The van der Waals surface area contributed by atoms with Crippen molar-refractivity contribution in [1.82, 2.24) is 0 Å². The Kier molecular flexibility index (Phi) is 3.20. The van der Waals surface area contributed by atoms with Crippen molar-refractivity contribution < 1.29 is 17.2 Å². The van der Waals surface area contributed by atoms with Gasteiger partial charge in [-0.05, 0) is 36.6 Å². The molecule has 3 rings (SSSR count). The van der Waals surface area contributed by atoms with Gasteiger partial charge < -0.3 is 0 Å². The molecule has 0 saturated carbocycles. The molecule has 6 heteroatoms. The second kappa shape index (κ2) is 4.80. The van der Waals surface area contributed by atoms with Crippen LogP contribution in [-0.2, 0) is 16.4 Å². The van der Waals surface area contributed by atoms with E-state index in [4.69, 9.17) is 0 Å². The van der Waals surface area contributed by atoms with Crippen LogP contribution in [0, 0.1) is 18.6 Å². The lowest BCUT2D eigenvalue weighted by Crippen LogP contribution is -2.30. The fourth-order valence-corrected chi connectivity index (χ4v) is 4.14. The normalized spacial score (nSPS) is 14.3. The average Bonchev–Trinajstić information content (AvgIpc) is 2.87. The van der Waals surface area contributed by atoms with Gasteiger partial charge in [-0.15, -0.1) is 0 Å². The van der Waals surface area contributed by atoms with Crippen LogP contribution in [0.15, 0.2) is 41.3 Å². The number of rotatable bonds is 2. The molecule has 0 aliphatic carbocycles. The van der Waals surface area contributed by atoms with E-state index >= 15 is 0 Å². The summed E-state index contributed by atoms with van der Waals surface area (Å²) in [7, 11) is -4.03. The van der Waals surface area contributed by atoms with E-state index in [1.807, 2.05) is 12.1 Å². The van der Waals surface area contributed by atoms with Crippen LogP contribution in [0.1, 0.15) is 11.1 Å². The van der Waals surface area contributed by atoms with Gasteiger partial charge in [-0.2, -0.15) is 0 Å². The van der Waals surface area contributed by atoms with Crippen molar-refractivity contribution in [3.63, 3.8) is 0 Å². The molecule has 2 aromatic rings. The third-order valence-corrected chi connectivity index (χ3v) is 5.45. The minimum absolute atomic E-state index is 0.0995. The summed E-state index contributed by atoms with van der Waals surface area (Å²) in [6, 6.07) is 8.76. The number of halogens is 2. The van der Waals surface area contributed by atoms with Crippen LogP contribution in [0.5, 0.6) is 0 Å². The maximum absolute atomic E-state index is 13.9. The molecule has 0 N–H and O–H groups in total. The minimum atomic E-state index is -4.03. The Balaban J connectivity index is 2.13. The maximum atomic E-state index is 13.9. The van der Waals surface area contributed by atoms with Crippen molar-refractivity contribution in [1.29, 1.82) is 0 Å². The van der Waals surface area contributed by atoms with Gasteiger partial charge in [0.05, 0.1) is 5.69 Å². The molecule has 0 aromatic heterocycles. The first kappa shape index (κ1) is 14.0. The smallest absolute Gasteiger partial charge is 0.266 e.